The fourth-order valence-corrected chi connectivity index (χ4v) is 2.99. The van der Waals surface area contributed by atoms with Crippen LogP contribution >= 0.6 is 11.8 Å². The minimum atomic E-state index is -0.484. The number of nitrogens with two attached hydrogens (primary N) is 1. The van der Waals surface area contributed by atoms with Gasteiger partial charge in [0.25, 0.3) is 0 Å². The van der Waals surface area contributed by atoms with Crippen LogP contribution in [0.25, 0.3) is 0 Å². The minimum absolute atomic E-state index is 0.0662. The molecule has 1 fully saturated rings. The summed E-state index contributed by atoms with van der Waals surface area (Å²) < 4.78 is 13.6. The Hall–Kier alpha value is -0.920. The first-order valence-electron chi connectivity index (χ1n) is 5.42. The van der Waals surface area contributed by atoms with Gasteiger partial charge in [-0.05, 0) is 14.0 Å². The topological polar surface area (TPSA) is 67.1 Å². The van der Waals surface area contributed by atoms with E-state index in [1.807, 2.05) is 18.8 Å². The molecule has 5 nitrogen and oxygen atoms in total. The number of rotatable bonds is 2. The highest BCUT2D eigenvalue weighted by atomic mass is 32.2. The fourth-order valence-electron chi connectivity index (χ4n) is 1.78. The number of hydrazine groups is 1. The Balaban J connectivity index is 2.34. The lowest BCUT2D eigenvalue weighted by Gasteiger charge is -2.31. The van der Waals surface area contributed by atoms with E-state index in [-0.39, 0.29) is 11.9 Å². The van der Waals surface area contributed by atoms with Crippen molar-refractivity contribution in [1.29, 1.82) is 0 Å². The molecule has 0 spiro atoms. The minimum Gasteiger partial charge on any atom is -0.306 e. The van der Waals surface area contributed by atoms with Crippen molar-refractivity contribution in [1.82, 2.24) is 14.9 Å². The number of aromatic nitrogens is 2. The predicted octanol–water partition coefficient (Wildman–Crippen LogP) is 0.929. The number of nitrogen functional groups attached to an aromatic ring is 1. The monoisotopic (exact) mass is 257 g/mol. The molecule has 1 saturated heterocycles. The zero-order valence-corrected chi connectivity index (χ0v) is 10.7. The summed E-state index contributed by atoms with van der Waals surface area (Å²) in [7, 11) is 2.03. The van der Waals surface area contributed by atoms with Crippen molar-refractivity contribution in [3.05, 3.63) is 17.3 Å². The Morgan fingerprint density at radius 1 is 1.53 bits per heavy atom. The van der Waals surface area contributed by atoms with Crippen LogP contribution in [0.5, 0.6) is 0 Å². The van der Waals surface area contributed by atoms with Gasteiger partial charge in [-0.25, -0.2) is 20.2 Å². The third-order valence-electron chi connectivity index (χ3n) is 2.87. The number of nitrogens with one attached hydrogen (secondary N) is 1. The highest BCUT2D eigenvalue weighted by Gasteiger charge is 2.25. The predicted molar refractivity (Wildman–Crippen MR) is 67.2 cm³/mol. The summed E-state index contributed by atoms with van der Waals surface area (Å²) in [6.07, 6.45) is 0. The summed E-state index contributed by atoms with van der Waals surface area (Å²) in [5, 5.41) is 0. The molecule has 1 aromatic rings. The molecule has 3 N–H and O–H groups in total. The third kappa shape index (κ3) is 2.51. The first-order chi connectivity index (χ1) is 8.13. The van der Waals surface area contributed by atoms with E-state index >= 15 is 0 Å². The van der Waals surface area contributed by atoms with Crippen LogP contribution in [0.4, 0.5) is 10.2 Å². The maximum Gasteiger partial charge on any atom is 0.187 e. The Kier molecular flexibility index (Phi) is 3.80. The van der Waals surface area contributed by atoms with Crippen molar-refractivity contribution in [2.75, 3.05) is 30.5 Å². The van der Waals surface area contributed by atoms with Crippen molar-refractivity contribution < 1.29 is 4.39 Å². The van der Waals surface area contributed by atoms with Crippen LogP contribution in [0.3, 0.4) is 0 Å². The van der Waals surface area contributed by atoms with Crippen LogP contribution in [0.2, 0.25) is 0 Å². The van der Waals surface area contributed by atoms with Gasteiger partial charge >= 0.3 is 0 Å². The van der Waals surface area contributed by atoms with Gasteiger partial charge in [0.05, 0.1) is 11.7 Å². The Morgan fingerprint density at radius 3 is 2.94 bits per heavy atom. The van der Waals surface area contributed by atoms with E-state index in [4.69, 9.17) is 5.84 Å². The van der Waals surface area contributed by atoms with Crippen LogP contribution in [0.1, 0.15) is 17.6 Å². The van der Waals surface area contributed by atoms with Gasteiger partial charge in [-0.3, -0.25) is 4.90 Å². The van der Waals surface area contributed by atoms with E-state index in [1.165, 1.54) is 0 Å². The fraction of sp³-hybridized carbons (Fsp3) is 0.600. The second-order valence-corrected chi connectivity index (χ2v) is 5.20. The van der Waals surface area contributed by atoms with Crippen LogP contribution in [0.15, 0.2) is 0 Å². The number of halogens is 1. The van der Waals surface area contributed by atoms with E-state index < -0.39 is 5.82 Å². The number of nitrogens with zero attached hydrogens (tertiary/aromatic N) is 3. The second-order valence-electron chi connectivity index (χ2n) is 4.05. The van der Waals surface area contributed by atoms with Gasteiger partial charge in [0.1, 0.15) is 5.82 Å². The largest absolute Gasteiger partial charge is 0.306 e. The van der Waals surface area contributed by atoms with Gasteiger partial charge in [0, 0.05) is 18.1 Å². The average molecular weight is 257 g/mol. The Bertz CT molecular complexity index is 414. The van der Waals surface area contributed by atoms with Gasteiger partial charge < -0.3 is 5.43 Å². The zero-order chi connectivity index (χ0) is 12.4. The van der Waals surface area contributed by atoms with Crippen molar-refractivity contribution >= 4 is 17.6 Å². The van der Waals surface area contributed by atoms with E-state index in [1.54, 1.807) is 6.92 Å². The maximum absolute atomic E-state index is 13.6. The molecule has 1 unspecified atom stereocenters. The maximum atomic E-state index is 13.6. The summed E-state index contributed by atoms with van der Waals surface area (Å²) in [6.45, 7) is 2.61. The molecule has 0 saturated carbocycles. The van der Waals surface area contributed by atoms with E-state index in [9.17, 15) is 4.39 Å². The van der Waals surface area contributed by atoms with Crippen LogP contribution in [0, 0.1) is 12.7 Å². The van der Waals surface area contributed by atoms with Gasteiger partial charge in [-0.15, -0.1) is 0 Å². The first kappa shape index (κ1) is 12.5. The highest BCUT2D eigenvalue weighted by molar-refractivity contribution is 7.99. The Morgan fingerprint density at radius 2 is 2.29 bits per heavy atom. The van der Waals surface area contributed by atoms with Crippen molar-refractivity contribution in [3.8, 4) is 0 Å². The summed E-state index contributed by atoms with van der Waals surface area (Å²) in [5.41, 5.74) is 2.60. The number of aryl methyl sites for hydroxylation is 1. The molecular weight excluding hydrogens is 241 g/mol. The van der Waals surface area contributed by atoms with Gasteiger partial charge in [0.2, 0.25) is 0 Å². The molecule has 0 amide bonds. The molecule has 0 radical (unpaired) electrons. The number of hydrogen-bond acceptors (Lipinski definition) is 6. The van der Waals surface area contributed by atoms with E-state index in [0.29, 0.717) is 11.5 Å². The molecule has 2 rings (SSSR count). The second kappa shape index (κ2) is 5.16. The molecule has 94 valence electrons. The Labute approximate surface area is 104 Å². The van der Waals surface area contributed by atoms with Gasteiger partial charge in [-0.2, -0.15) is 11.8 Å². The van der Waals surface area contributed by atoms with Crippen LogP contribution in [-0.4, -0.2) is 40.0 Å². The lowest BCUT2D eigenvalue weighted by Crippen LogP contribution is -2.34. The van der Waals surface area contributed by atoms with Crippen molar-refractivity contribution in [2.45, 2.75) is 13.0 Å². The number of hydrogen-bond donors (Lipinski definition) is 2. The molecular formula is C10H16FN5S. The zero-order valence-electron chi connectivity index (χ0n) is 9.90. The number of thioether (sulfide) groups is 1. The quantitative estimate of drug-likeness (QED) is 0.607. The lowest BCUT2D eigenvalue weighted by molar-refractivity contribution is 0.264. The summed E-state index contributed by atoms with van der Waals surface area (Å²) in [4.78, 5) is 10.6. The van der Waals surface area contributed by atoms with Gasteiger partial charge in [-0.1, -0.05) is 0 Å². The average Bonchev–Trinajstić information content (AvgIpc) is 2.33. The molecule has 1 aromatic heterocycles. The number of anilines is 1. The van der Waals surface area contributed by atoms with Crippen LogP contribution < -0.4 is 11.3 Å². The summed E-state index contributed by atoms with van der Waals surface area (Å²) in [5.74, 6) is 7.50. The standard InChI is InChI=1S/C10H16FN5S/c1-6-8(11)10(15-12)14-9(13-6)7-5-17-4-3-16(7)2/h7H,3-5,12H2,1-2H3,(H,13,14,15). The SMILES string of the molecule is Cc1nc(C2CSCCN2C)nc(NN)c1F. The normalized spacial score (nSPS) is 21.5. The molecule has 1 atom stereocenters. The first-order valence-corrected chi connectivity index (χ1v) is 6.57. The molecule has 0 aromatic carbocycles. The lowest BCUT2D eigenvalue weighted by atomic mass is 10.2. The molecule has 1 aliphatic rings. The molecule has 17 heavy (non-hydrogen) atoms. The molecule has 1 aliphatic heterocycles. The third-order valence-corrected chi connectivity index (χ3v) is 3.89. The van der Waals surface area contributed by atoms with Crippen molar-refractivity contribution in [2.24, 2.45) is 5.84 Å². The summed E-state index contributed by atoms with van der Waals surface area (Å²) in [6, 6.07) is 0.125. The summed E-state index contributed by atoms with van der Waals surface area (Å²) >= 11 is 1.86. The molecule has 7 heteroatoms. The highest BCUT2D eigenvalue weighted by Crippen LogP contribution is 2.27. The smallest absolute Gasteiger partial charge is 0.187 e. The van der Waals surface area contributed by atoms with Gasteiger partial charge in [0.15, 0.2) is 11.6 Å². The van der Waals surface area contributed by atoms with Crippen LogP contribution in [-0.2, 0) is 0 Å². The van der Waals surface area contributed by atoms with E-state index in [2.05, 4.69) is 20.3 Å². The molecule has 2 heterocycles. The van der Waals surface area contributed by atoms with E-state index in [0.717, 1.165) is 18.1 Å². The molecule has 0 bridgehead atoms. The van der Waals surface area contributed by atoms with Crippen molar-refractivity contribution in [3.63, 3.8) is 0 Å². The molecule has 0 aliphatic carbocycles.